The molecule has 194 valence electrons. The SMILES string of the molecule is O=C(COC(=O)[C@H](Cc1ccccc1)NC(=O)c1ccco1)Nc1cccc2c1C(=O)c1ccccc1C2=O. The third-order valence-electron chi connectivity index (χ3n) is 6.19. The number of ether oxygens (including phenoxy) is 1. The van der Waals surface area contributed by atoms with Crippen LogP contribution >= 0.6 is 0 Å². The van der Waals surface area contributed by atoms with E-state index in [-0.39, 0.29) is 40.3 Å². The third-order valence-corrected chi connectivity index (χ3v) is 6.19. The van der Waals surface area contributed by atoms with Crippen molar-refractivity contribution in [2.45, 2.75) is 12.5 Å². The lowest BCUT2D eigenvalue weighted by molar-refractivity contribution is -0.149. The number of hydrogen-bond acceptors (Lipinski definition) is 7. The summed E-state index contributed by atoms with van der Waals surface area (Å²) >= 11 is 0. The Labute approximate surface area is 222 Å². The number of hydrogen-bond donors (Lipinski definition) is 2. The second-order valence-corrected chi connectivity index (χ2v) is 8.78. The molecule has 5 rings (SSSR count). The number of furan rings is 1. The van der Waals surface area contributed by atoms with Crippen molar-refractivity contribution in [3.63, 3.8) is 0 Å². The van der Waals surface area contributed by atoms with Gasteiger partial charge in [-0.3, -0.25) is 19.2 Å². The average molecular weight is 523 g/mol. The Hall–Kier alpha value is -5.31. The number of rotatable bonds is 8. The van der Waals surface area contributed by atoms with Gasteiger partial charge in [0.05, 0.1) is 17.5 Å². The summed E-state index contributed by atoms with van der Waals surface area (Å²) in [5.41, 5.74) is 1.70. The van der Waals surface area contributed by atoms with E-state index in [1.165, 1.54) is 24.5 Å². The molecule has 2 amide bonds. The first-order valence-electron chi connectivity index (χ1n) is 12.1. The topological polar surface area (TPSA) is 132 Å². The highest BCUT2D eigenvalue weighted by Gasteiger charge is 2.32. The van der Waals surface area contributed by atoms with Crippen molar-refractivity contribution in [3.05, 3.63) is 125 Å². The summed E-state index contributed by atoms with van der Waals surface area (Å²) in [6.45, 7) is -0.677. The lowest BCUT2D eigenvalue weighted by Gasteiger charge is -2.20. The van der Waals surface area contributed by atoms with Crippen LogP contribution in [0.3, 0.4) is 0 Å². The minimum atomic E-state index is -1.10. The molecule has 1 heterocycles. The molecule has 1 aromatic heterocycles. The lowest BCUT2D eigenvalue weighted by Crippen LogP contribution is -2.44. The fourth-order valence-corrected chi connectivity index (χ4v) is 4.35. The highest BCUT2D eigenvalue weighted by Crippen LogP contribution is 2.31. The van der Waals surface area contributed by atoms with Crippen molar-refractivity contribution >= 4 is 35.0 Å². The average Bonchev–Trinajstić information content (AvgIpc) is 3.50. The van der Waals surface area contributed by atoms with Crippen molar-refractivity contribution in [2.75, 3.05) is 11.9 Å². The number of fused-ring (bicyclic) bond motifs is 2. The normalized spacial score (nSPS) is 12.6. The quantitative estimate of drug-likeness (QED) is 0.298. The zero-order valence-electron chi connectivity index (χ0n) is 20.5. The summed E-state index contributed by atoms with van der Waals surface area (Å²) in [7, 11) is 0. The van der Waals surface area contributed by atoms with E-state index in [2.05, 4.69) is 10.6 Å². The van der Waals surface area contributed by atoms with Crippen molar-refractivity contribution in [1.29, 1.82) is 0 Å². The summed E-state index contributed by atoms with van der Waals surface area (Å²) in [4.78, 5) is 64.3. The Morgan fingerprint density at radius 2 is 1.46 bits per heavy atom. The van der Waals surface area contributed by atoms with Gasteiger partial charge in [-0.25, -0.2) is 4.79 Å². The molecular formula is C30H22N2O7. The molecule has 2 N–H and O–H groups in total. The first-order chi connectivity index (χ1) is 18.9. The van der Waals surface area contributed by atoms with E-state index in [1.54, 1.807) is 60.7 Å². The first-order valence-corrected chi connectivity index (χ1v) is 12.1. The van der Waals surface area contributed by atoms with Gasteiger partial charge in [0.2, 0.25) is 0 Å². The molecule has 0 fully saturated rings. The fraction of sp³-hybridized carbons (Fsp3) is 0.100. The van der Waals surface area contributed by atoms with Crippen LogP contribution in [0.4, 0.5) is 5.69 Å². The van der Waals surface area contributed by atoms with Gasteiger partial charge >= 0.3 is 5.97 Å². The molecule has 0 unspecified atom stereocenters. The van der Waals surface area contributed by atoms with E-state index in [0.717, 1.165) is 5.56 Å². The van der Waals surface area contributed by atoms with Crippen molar-refractivity contribution < 1.29 is 33.1 Å². The van der Waals surface area contributed by atoms with Crippen LogP contribution in [0.15, 0.2) is 95.6 Å². The molecule has 0 radical (unpaired) electrons. The second kappa shape index (κ2) is 11.0. The van der Waals surface area contributed by atoms with Crippen LogP contribution in [0.25, 0.3) is 0 Å². The summed E-state index contributed by atoms with van der Waals surface area (Å²) in [6.07, 6.45) is 1.46. The van der Waals surface area contributed by atoms with Gasteiger partial charge in [-0.15, -0.1) is 0 Å². The minimum Gasteiger partial charge on any atom is -0.459 e. The molecule has 0 spiro atoms. The Morgan fingerprint density at radius 1 is 0.769 bits per heavy atom. The number of anilines is 1. The summed E-state index contributed by atoms with van der Waals surface area (Å²) < 4.78 is 10.3. The number of esters is 1. The number of benzene rings is 3. The molecule has 1 aliphatic rings. The van der Waals surface area contributed by atoms with Gasteiger partial charge in [0.25, 0.3) is 11.8 Å². The van der Waals surface area contributed by atoms with E-state index >= 15 is 0 Å². The maximum atomic E-state index is 13.1. The predicted octanol–water partition coefficient (Wildman–Crippen LogP) is 3.58. The van der Waals surface area contributed by atoms with Gasteiger partial charge in [-0.2, -0.15) is 0 Å². The zero-order chi connectivity index (χ0) is 27.4. The van der Waals surface area contributed by atoms with Crippen LogP contribution in [-0.2, 0) is 20.7 Å². The molecule has 9 nitrogen and oxygen atoms in total. The fourth-order valence-electron chi connectivity index (χ4n) is 4.35. The van der Waals surface area contributed by atoms with Crippen LogP contribution in [-0.4, -0.2) is 42.0 Å². The molecule has 9 heteroatoms. The smallest absolute Gasteiger partial charge is 0.329 e. The Kier molecular flexibility index (Phi) is 7.13. The highest BCUT2D eigenvalue weighted by atomic mass is 16.5. The number of nitrogens with one attached hydrogen (secondary N) is 2. The Bertz CT molecular complexity index is 1580. The molecule has 39 heavy (non-hydrogen) atoms. The lowest BCUT2D eigenvalue weighted by atomic mass is 9.83. The summed E-state index contributed by atoms with van der Waals surface area (Å²) in [5, 5.41) is 5.15. The molecule has 0 bridgehead atoms. The molecule has 3 aromatic carbocycles. The van der Waals surface area contributed by atoms with E-state index in [0.29, 0.717) is 5.56 Å². The number of carbonyl (C=O) groups excluding carboxylic acids is 5. The molecular weight excluding hydrogens is 500 g/mol. The molecule has 1 atom stereocenters. The summed E-state index contributed by atoms with van der Waals surface area (Å²) in [6, 6.07) is 22.0. The molecule has 4 aromatic rings. The van der Waals surface area contributed by atoms with E-state index in [1.807, 2.05) is 6.07 Å². The molecule has 0 saturated heterocycles. The summed E-state index contributed by atoms with van der Waals surface area (Å²) in [5.74, 6) is -2.85. The Morgan fingerprint density at radius 3 is 2.18 bits per heavy atom. The predicted molar refractivity (Wildman–Crippen MR) is 139 cm³/mol. The van der Waals surface area contributed by atoms with Crippen LogP contribution in [0.1, 0.15) is 48.0 Å². The minimum absolute atomic E-state index is 0.0215. The van der Waals surface area contributed by atoms with E-state index in [4.69, 9.17) is 9.15 Å². The van der Waals surface area contributed by atoms with Gasteiger partial charge in [0, 0.05) is 23.1 Å². The standard InChI is InChI=1S/C30H22N2O7/c33-25(31-22-13-6-12-21-26(22)28(35)20-11-5-4-10-19(20)27(21)34)17-39-30(37)23(16-18-8-2-1-3-9-18)32-29(36)24-14-7-15-38-24/h1-15,23H,16-17H2,(H,31,33)(H,32,36)/t23-/m0/s1. The van der Waals surface area contributed by atoms with Gasteiger partial charge in [-0.1, -0.05) is 66.7 Å². The van der Waals surface area contributed by atoms with Gasteiger partial charge in [0.1, 0.15) is 6.04 Å². The first kappa shape index (κ1) is 25.3. The van der Waals surface area contributed by atoms with Gasteiger partial charge in [-0.05, 0) is 23.8 Å². The van der Waals surface area contributed by atoms with Crippen LogP contribution in [0, 0.1) is 0 Å². The molecule has 0 saturated carbocycles. The van der Waals surface area contributed by atoms with Crippen molar-refractivity contribution in [3.8, 4) is 0 Å². The number of ketones is 2. The molecule has 1 aliphatic carbocycles. The third kappa shape index (κ3) is 5.37. The number of amides is 2. The van der Waals surface area contributed by atoms with Crippen molar-refractivity contribution in [1.82, 2.24) is 5.32 Å². The molecule has 0 aliphatic heterocycles. The largest absolute Gasteiger partial charge is 0.459 e. The van der Waals surface area contributed by atoms with E-state index < -0.39 is 36.2 Å². The Balaban J connectivity index is 1.28. The van der Waals surface area contributed by atoms with Gasteiger partial charge < -0.3 is 19.8 Å². The zero-order valence-corrected chi connectivity index (χ0v) is 20.5. The van der Waals surface area contributed by atoms with E-state index in [9.17, 15) is 24.0 Å². The van der Waals surface area contributed by atoms with Crippen LogP contribution in [0.2, 0.25) is 0 Å². The second-order valence-electron chi connectivity index (χ2n) is 8.78. The highest BCUT2D eigenvalue weighted by molar-refractivity contribution is 6.30. The monoisotopic (exact) mass is 522 g/mol. The van der Waals surface area contributed by atoms with Gasteiger partial charge in [0.15, 0.2) is 23.9 Å². The maximum absolute atomic E-state index is 13.1. The van der Waals surface area contributed by atoms with Crippen LogP contribution in [0.5, 0.6) is 0 Å². The van der Waals surface area contributed by atoms with Crippen molar-refractivity contribution in [2.24, 2.45) is 0 Å². The maximum Gasteiger partial charge on any atom is 0.329 e. The number of carbonyl (C=O) groups is 5. The van der Waals surface area contributed by atoms with Crippen LogP contribution < -0.4 is 10.6 Å².